The molecule has 1 aromatic carbocycles. The van der Waals surface area contributed by atoms with Crippen LogP contribution in [0.1, 0.15) is 43.2 Å². The lowest BCUT2D eigenvalue weighted by Crippen LogP contribution is -2.39. The second-order valence-electron chi connectivity index (χ2n) is 5.86. The number of rotatable bonds is 6. The molecular weight excluding hydrogens is 248 g/mol. The fourth-order valence-corrected chi connectivity index (χ4v) is 3.35. The first kappa shape index (κ1) is 15.3. The van der Waals surface area contributed by atoms with Gasteiger partial charge in [-0.05, 0) is 44.0 Å². The van der Waals surface area contributed by atoms with Crippen LogP contribution in [0.5, 0.6) is 0 Å². The van der Waals surface area contributed by atoms with Gasteiger partial charge in [0.1, 0.15) is 0 Å². The minimum atomic E-state index is 0.230. The van der Waals surface area contributed by atoms with E-state index in [-0.39, 0.29) is 6.61 Å². The molecule has 0 radical (unpaired) electrons. The van der Waals surface area contributed by atoms with Gasteiger partial charge >= 0.3 is 0 Å². The lowest BCUT2D eigenvalue weighted by atomic mass is 9.93. The summed E-state index contributed by atoms with van der Waals surface area (Å²) in [4.78, 5) is 2.43. The van der Waals surface area contributed by atoms with E-state index in [4.69, 9.17) is 0 Å². The summed E-state index contributed by atoms with van der Waals surface area (Å²) < 4.78 is 0. The van der Waals surface area contributed by atoms with Crippen molar-refractivity contribution in [2.45, 2.75) is 51.6 Å². The van der Waals surface area contributed by atoms with E-state index >= 15 is 0 Å². The van der Waals surface area contributed by atoms with Gasteiger partial charge < -0.3 is 15.3 Å². The van der Waals surface area contributed by atoms with Crippen LogP contribution in [-0.2, 0) is 6.54 Å². The van der Waals surface area contributed by atoms with Gasteiger partial charge in [-0.2, -0.15) is 0 Å². The minimum Gasteiger partial charge on any atom is -0.395 e. The molecule has 1 aliphatic rings. The average Bonchev–Trinajstić information content (AvgIpc) is 2.47. The first-order valence-corrected chi connectivity index (χ1v) is 7.88. The normalized spacial score (nSPS) is 16.4. The van der Waals surface area contributed by atoms with Crippen molar-refractivity contribution in [3.63, 3.8) is 0 Å². The van der Waals surface area contributed by atoms with Crippen LogP contribution < -0.4 is 10.2 Å². The number of aliphatic hydroxyl groups is 1. The van der Waals surface area contributed by atoms with Crippen molar-refractivity contribution in [1.29, 1.82) is 0 Å². The summed E-state index contributed by atoms with van der Waals surface area (Å²) in [6, 6.07) is 7.29. The molecular formula is C17H28N2O. The van der Waals surface area contributed by atoms with E-state index in [1.54, 1.807) is 0 Å². The Morgan fingerprint density at radius 1 is 1.25 bits per heavy atom. The third-order valence-electron chi connectivity index (χ3n) is 4.31. The van der Waals surface area contributed by atoms with Crippen molar-refractivity contribution in [2.75, 3.05) is 25.1 Å². The van der Waals surface area contributed by atoms with Crippen LogP contribution in [0.25, 0.3) is 0 Å². The second-order valence-corrected chi connectivity index (χ2v) is 5.86. The van der Waals surface area contributed by atoms with Crippen LogP contribution >= 0.6 is 0 Å². The van der Waals surface area contributed by atoms with Gasteiger partial charge in [-0.15, -0.1) is 0 Å². The zero-order chi connectivity index (χ0) is 14.4. The summed E-state index contributed by atoms with van der Waals surface area (Å²) in [5, 5.41) is 12.6. The second kappa shape index (κ2) is 7.65. The van der Waals surface area contributed by atoms with E-state index in [9.17, 15) is 5.11 Å². The Kier molecular flexibility index (Phi) is 5.86. The fourth-order valence-electron chi connectivity index (χ4n) is 3.35. The van der Waals surface area contributed by atoms with E-state index in [0.29, 0.717) is 6.04 Å². The van der Waals surface area contributed by atoms with Crippen molar-refractivity contribution in [3.05, 3.63) is 29.3 Å². The highest BCUT2D eigenvalue weighted by Crippen LogP contribution is 2.29. The van der Waals surface area contributed by atoms with Gasteiger partial charge in [0.2, 0.25) is 0 Å². The molecule has 0 atom stereocenters. The third kappa shape index (κ3) is 3.74. The Morgan fingerprint density at radius 2 is 2.00 bits per heavy atom. The zero-order valence-corrected chi connectivity index (χ0v) is 12.9. The van der Waals surface area contributed by atoms with Gasteiger partial charge in [-0.3, -0.25) is 0 Å². The molecule has 2 N–H and O–H groups in total. The van der Waals surface area contributed by atoms with Gasteiger partial charge in [0.25, 0.3) is 0 Å². The number of anilines is 1. The molecule has 0 aromatic heterocycles. The van der Waals surface area contributed by atoms with Gasteiger partial charge in [-0.1, -0.05) is 31.4 Å². The Labute approximate surface area is 123 Å². The highest BCUT2D eigenvalue weighted by atomic mass is 16.3. The SMILES string of the molecule is CNCc1ccc(N(CCO)C2CCCCC2)c(C)c1. The molecule has 1 saturated carbocycles. The fraction of sp³-hybridized carbons (Fsp3) is 0.647. The van der Waals surface area contributed by atoms with Crippen LogP contribution in [0.3, 0.4) is 0 Å². The molecule has 0 spiro atoms. The zero-order valence-electron chi connectivity index (χ0n) is 12.9. The van der Waals surface area contributed by atoms with Crippen molar-refractivity contribution < 1.29 is 5.11 Å². The Bertz CT molecular complexity index is 413. The Balaban J connectivity index is 2.19. The highest BCUT2D eigenvalue weighted by molar-refractivity contribution is 5.55. The molecule has 1 fully saturated rings. The van der Waals surface area contributed by atoms with E-state index in [1.165, 1.54) is 48.9 Å². The maximum absolute atomic E-state index is 9.41. The molecule has 0 bridgehead atoms. The number of aryl methyl sites for hydroxylation is 1. The predicted octanol–water partition coefficient (Wildman–Crippen LogP) is 2.85. The molecule has 2 rings (SSSR count). The predicted molar refractivity (Wildman–Crippen MR) is 85.2 cm³/mol. The first-order chi connectivity index (χ1) is 9.76. The Hall–Kier alpha value is -1.06. The summed E-state index contributed by atoms with van der Waals surface area (Å²) in [5.41, 5.74) is 3.93. The van der Waals surface area contributed by atoms with Gasteiger partial charge in [-0.25, -0.2) is 0 Å². The first-order valence-electron chi connectivity index (χ1n) is 7.88. The quantitative estimate of drug-likeness (QED) is 0.838. The largest absolute Gasteiger partial charge is 0.395 e. The molecule has 3 heteroatoms. The molecule has 3 nitrogen and oxygen atoms in total. The summed E-state index contributed by atoms with van der Waals surface area (Å²) in [6.45, 7) is 4.07. The number of benzene rings is 1. The molecule has 1 aromatic rings. The smallest absolute Gasteiger partial charge is 0.0606 e. The van der Waals surface area contributed by atoms with Gasteiger partial charge in [0, 0.05) is 24.8 Å². The monoisotopic (exact) mass is 276 g/mol. The third-order valence-corrected chi connectivity index (χ3v) is 4.31. The van der Waals surface area contributed by atoms with Gasteiger partial charge in [0.05, 0.1) is 6.61 Å². The van der Waals surface area contributed by atoms with Crippen LogP contribution in [0.4, 0.5) is 5.69 Å². The van der Waals surface area contributed by atoms with E-state index in [0.717, 1.165) is 13.1 Å². The average molecular weight is 276 g/mol. The van der Waals surface area contributed by atoms with E-state index < -0.39 is 0 Å². The summed E-state index contributed by atoms with van der Waals surface area (Å²) in [5.74, 6) is 0. The number of hydrogen-bond donors (Lipinski definition) is 2. The highest BCUT2D eigenvalue weighted by Gasteiger charge is 2.22. The van der Waals surface area contributed by atoms with Gasteiger partial charge in [0.15, 0.2) is 0 Å². The Morgan fingerprint density at radius 3 is 2.60 bits per heavy atom. The molecule has 0 heterocycles. The van der Waals surface area contributed by atoms with Crippen molar-refractivity contribution in [3.8, 4) is 0 Å². The summed E-state index contributed by atoms with van der Waals surface area (Å²) in [7, 11) is 1.98. The number of nitrogens with zero attached hydrogens (tertiary/aromatic N) is 1. The molecule has 20 heavy (non-hydrogen) atoms. The van der Waals surface area contributed by atoms with Crippen molar-refractivity contribution >= 4 is 5.69 Å². The van der Waals surface area contributed by atoms with Crippen molar-refractivity contribution in [1.82, 2.24) is 5.32 Å². The lowest BCUT2D eigenvalue weighted by Gasteiger charge is -2.37. The van der Waals surface area contributed by atoms with E-state index in [1.807, 2.05) is 7.05 Å². The summed E-state index contributed by atoms with van der Waals surface area (Å²) >= 11 is 0. The van der Waals surface area contributed by atoms with Crippen LogP contribution in [0, 0.1) is 6.92 Å². The molecule has 0 unspecified atom stereocenters. The van der Waals surface area contributed by atoms with E-state index in [2.05, 4.69) is 35.3 Å². The molecule has 112 valence electrons. The molecule has 0 amide bonds. The van der Waals surface area contributed by atoms with Crippen LogP contribution in [0.2, 0.25) is 0 Å². The number of hydrogen-bond acceptors (Lipinski definition) is 3. The number of aliphatic hydroxyl groups excluding tert-OH is 1. The molecule has 1 aliphatic carbocycles. The standard InChI is InChI=1S/C17H28N2O/c1-14-12-15(13-18-2)8-9-17(14)19(10-11-20)16-6-4-3-5-7-16/h8-9,12,16,18,20H,3-7,10-11,13H2,1-2H3. The summed E-state index contributed by atoms with van der Waals surface area (Å²) in [6.07, 6.45) is 6.53. The number of nitrogens with one attached hydrogen (secondary N) is 1. The molecule has 0 aliphatic heterocycles. The van der Waals surface area contributed by atoms with Crippen LogP contribution in [-0.4, -0.2) is 31.3 Å². The maximum atomic E-state index is 9.41. The topological polar surface area (TPSA) is 35.5 Å². The molecule has 0 saturated heterocycles. The van der Waals surface area contributed by atoms with Crippen molar-refractivity contribution in [2.24, 2.45) is 0 Å². The maximum Gasteiger partial charge on any atom is 0.0606 e. The minimum absolute atomic E-state index is 0.230. The lowest BCUT2D eigenvalue weighted by molar-refractivity contribution is 0.290. The van der Waals surface area contributed by atoms with Crippen LogP contribution in [0.15, 0.2) is 18.2 Å².